The summed E-state index contributed by atoms with van der Waals surface area (Å²) in [6, 6.07) is 6.17. The molecule has 6 atom stereocenters. The van der Waals surface area contributed by atoms with Crippen molar-refractivity contribution < 1.29 is 92.6 Å². The fraction of sp³-hybridized carbons (Fsp3) is 0.615. The van der Waals surface area contributed by atoms with Crippen molar-refractivity contribution in [2.45, 2.75) is 70.5 Å². The normalized spacial score (nSPS) is 31.1. The minimum Gasteiger partial charge on any atom is -0.790 e. The molecule has 3 aliphatic rings. The first-order chi connectivity index (χ1) is 17.4. The predicted octanol–water partition coefficient (Wildman–Crippen LogP) is -2.50. The summed E-state index contributed by atoms with van der Waals surface area (Å²) in [5.41, 5.74) is 1.60. The van der Waals surface area contributed by atoms with Gasteiger partial charge in [0.25, 0.3) is 0 Å². The molecule has 13 heteroatoms. The predicted molar refractivity (Wildman–Crippen MR) is 135 cm³/mol. The van der Waals surface area contributed by atoms with Gasteiger partial charge in [-0.15, -0.1) is 11.3 Å². The van der Waals surface area contributed by atoms with Gasteiger partial charge in [-0.05, 0) is 86.0 Å². The van der Waals surface area contributed by atoms with Crippen LogP contribution in [0, 0.1) is 30.1 Å². The number of ether oxygens (including phenoxy) is 1. The van der Waals surface area contributed by atoms with Gasteiger partial charge in [0.15, 0.2) is 10.9 Å². The number of carbonyl (C=O) groups excluding carboxylic acids is 1. The second kappa shape index (κ2) is 12.8. The Balaban J connectivity index is 0.00000210. The van der Waals surface area contributed by atoms with Crippen LogP contribution in [0.5, 0.6) is 5.75 Å². The zero-order valence-corrected chi connectivity index (χ0v) is 29.0. The number of anilines is 1. The largest absolute Gasteiger partial charge is 1.00 e. The monoisotopic (exact) mass is 594 g/mol. The molecule has 0 radical (unpaired) electrons. The molecular weight excluding hydrogens is 561 g/mol. The number of aryl methyl sites for hydroxylation is 2. The molecule has 2 N–H and O–H groups in total. The van der Waals surface area contributed by atoms with Crippen molar-refractivity contribution in [2.24, 2.45) is 23.2 Å². The van der Waals surface area contributed by atoms with Crippen LogP contribution in [-0.2, 0) is 20.3 Å². The number of phosphoric ester groups is 1. The number of rotatable bonds is 7. The van der Waals surface area contributed by atoms with Gasteiger partial charge in [0.1, 0.15) is 5.75 Å². The number of benzene rings is 1. The van der Waals surface area contributed by atoms with Gasteiger partial charge >= 0.3 is 59.1 Å². The number of fused-ring (bicyclic) bond motifs is 5. The third-order valence-corrected chi connectivity index (χ3v) is 10.4. The molecule has 1 aromatic heterocycles. The smallest absolute Gasteiger partial charge is 0.790 e. The summed E-state index contributed by atoms with van der Waals surface area (Å²) in [7, 11) is -3.79. The third kappa shape index (κ3) is 6.73. The molecule has 1 heterocycles. The number of aromatic nitrogens is 1. The maximum absolute atomic E-state index is 12.7. The van der Waals surface area contributed by atoms with Crippen LogP contribution in [0.25, 0.3) is 0 Å². The maximum atomic E-state index is 12.7. The van der Waals surface area contributed by atoms with Crippen molar-refractivity contribution in [3.63, 3.8) is 0 Å². The van der Waals surface area contributed by atoms with Gasteiger partial charge in [0.2, 0.25) is 5.91 Å². The van der Waals surface area contributed by atoms with Crippen LogP contribution in [0.4, 0.5) is 5.13 Å². The molecule has 202 valence electrons. The first kappa shape index (κ1) is 33.7. The zero-order chi connectivity index (χ0) is 26.6. The molecule has 2 fully saturated rings. The Labute approximate surface area is 277 Å². The molecule has 1 aromatic carbocycles. The van der Waals surface area contributed by atoms with Crippen LogP contribution >= 0.6 is 19.2 Å². The Morgan fingerprint density at radius 2 is 2.05 bits per heavy atom. The number of nitrogens with zero attached hydrogens (tertiary/aromatic N) is 1. The van der Waals surface area contributed by atoms with Crippen molar-refractivity contribution in [1.82, 2.24) is 4.98 Å². The first-order valence-electron chi connectivity index (χ1n) is 12.8. The number of hydrogen-bond donors (Lipinski definition) is 2. The summed E-state index contributed by atoms with van der Waals surface area (Å²) in [5, 5.41) is 15.0. The molecule has 2 saturated carbocycles. The van der Waals surface area contributed by atoms with E-state index in [9.17, 15) is 24.3 Å². The molecule has 39 heavy (non-hydrogen) atoms. The second-order valence-electron chi connectivity index (χ2n) is 11.0. The number of thiazole rings is 1. The Morgan fingerprint density at radius 3 is 2.69 bits per heavy atom. The molecule has 5 rings (SSSR count). The summed E-state index contributed by atoms with van der Waals surface area (Å²) < 4.78 is 22.1. The van der Waals surface area contributed by atoms with E-state index in [2.05, 4.69) is 22.4 Å². The first-order valence-corrected chi connectivity index (χ1v) is 15.0. The van der Waals surface area contributed by atoms with E-state index in [0.717, 1.165) is 29.9 Å². The number of methoxy groups -OCH3 is 1. The number of amides is 1. The van der Waals surface area contributed by atoms with Gasteiger partial charge in [-0.3, -0.25) is 4.79 Å². The molecule has 0 spiro atoms. The van der Waals surface area contributed by atoms with Gasteiger partial charge in [0, 0.05) is 29.3 Å². The third-order valence-electron chi connectivity index (χ3n) is 9.00. The Kier molecular flexibility index (Phi) is 11.1. The van der Waals surface area contributed by atoms with Gasteiger partial charge in [0.05, 0.1) is 14.9 Å². The molecular formula is C26H33N2Na2O7PS. The van der Waals surface area contributed by atoms with E-state index < -0.39 is 19.0 Å². The van der Waals surface area contributed by atoms with E-state index in [1.807, 2.05) is 19.9 Å². The number of hydrogen-bond acceptors (Lipinski definition) is 9. The van der Waals surface area contributed by atoms with Gasteiger partial charge in [-0.1, -0.05) is 13.0 Å². The van der Waals surface area contributed by atoms with Crippen LogP contribution in [0.15, 0.2) is 24.4 Å². The van der Waals surface area contributed by atoms with Gasteiger partial charge in [-0.25, -0.2) is 4.98 Å². The van der Waals surface area contributed by atoms with E-state index in [1.54, 1.807) is 13.3 Å². The average molecular weight is 595 g/mol. The summed E-state index contributed by atoms with van der Waals surface area (Å²) >= 11 is 1.40. The number of phosphoric acid groups is 1. The molecule has 3 unspecified atom stereocenters. The molecule has 2 aromatic rings. The molecule has 3 aliphatic carbocycles. The SMILES string of the molecule is COc1ccc2c(c1)CCC1C2CC[C@@]2(C)C1[C@H](CCC(=O)Nc1ncc(C)s1)C[C@]2(O)OP(=O)([O-])[O-].[Na+].[Na+]. The zero-order valence-electron chi connectivity index (χ0n) is 23.3. The number of aliphatic hydroxyl groups is 1. The van der Waals surface area contributed by atoms with E-state index in [-0.39, 0.29) is 102 Å². The quantitative estimate of drug-likeness (QED) is 0.204. The molecule has 1 amide bonds. The van der Waals surface area contributed by atoms with Crippen molar-refractivity contribution >= 4 is 30.2 Å². The van der Waals surface area contributed by atoms with Crippen LogP contribution < -0.4 is 79.0 Å². The molecule has 0 saturated heterocycles. The fourth-order valence-corrected chi connectivity index (χ4v) is 8.83. The van der Waals surface area contributed by atoms with Crippen molar-refractivity contribution in [3.8, 4) is 5.75 Å². The van der Waals surface area contributed by atoms with E-state index in [0.29, 0.717) is 18.0 Å². The molecule has 0 aliphatic heterocycles. The minimum atomic E-state index is -5.44. The molecule has 9 nitrogen and oxygen atoms in total. The second-order valence-corrected chi connectivity index (χ2v) is 13.3. The van der Waals surface area contributed by atoms with E-state index >= 15 is 0 Å². The van der Waals surface area contributed by atoms with E-state index in [4.69, 9.17) is 9.26 Å². The summed E-state index contributed by atoms with van der Waals surface area (Å²) in [6.07, 6.45) is 5.33. The van der Waals surface area contributed by atoms with Crippen LogP contribution in [0.2, 0.25) is 0 Å². The topological polar surface area (TPSA) is 144 Å². The van der Waals surface area contributed by atoms with Crippen molar-refractivity contribution in [3.05, 3.63) is 40.4 Å². The summed E-state index contributed by atoms with van der Waals surface area (Å²) in [6.45, 7) is 3.77. The standard InChI is InChI=1S/C26H35N2O7PS.2Na/c1-15-14-27-24(37-15)28-22(29)9-5-17-13-26(30,35-36(31,32)33)25(2)11-10-20-19-8-6-18(34-3)12-16(19)4-7-21(20)23(17)25;;/h6,8,12,14,17,20-21,23,30H,4-5,7,9-11,13H2,1-3H3,(H,27,28,29)(H2,31,32,33);;/q;2*+1/p-2/t17-,20?,21?,23?,25+,26+;;/m1../s1. The Bertz CT molecular complexity index is 1240. The summed E-state index contributed by atoms with van der Waals surface area (Å²) in [5.74, 6) is -1.32. The van der Waals surface area contributed by atoms with Crippen molar-refractivity contribution in [1.29, 1.82) is 0 Å². The Morgan fingerprint density at radius 1 is 1.31 bits per heavy atom. The molecule has 0 bridgehead atoms. The summed E-state index contributed by atoms with van der Waals surface area (Å²) in [4.78, 5) is 41.3. The number of nitrogens with one attached hydrogen (secondary N) is 1. The van der Waals surface area contributed by atoms with E-state index in [1.165, 1.54) is 22.5 Å². The average Bonchev–Trinajstić information content (AvgIpc) is 3.33. The van der Waals surface area contributed by atoms with Crippen LogP contribution in [0.3, 0.4) is 0 Å². The number of carbonyl (C=O) groups is 1. The van der Waals surface area contributed by atoms with Gasteiger partial charge < -0.3 is 34.0 Å². The van der Waals surface area contributed by atoms with Gasteiger partial charge in [-0.2, -0.15) is 0 Å². The van der Waals surface area contributed by atoms with Crippen LogP contribution in [0.1, 0.15) is 67.4 Å². The Hall–Kier alpha value is 0.190. The fourth-order valence-electron chi connectivity index (χ4n) is 7.50. The van der Waals surface area contributed by atoms with Crippen LogP contribution in [-0.4, -0.2) is 28.9 Å². The van der Waals surface area contributed by atoms with Crippen molar-refractivity contribution in [2.75, 3.05) is 12.4 Å². The maximum Gasteiger partial charge on any atom is 1.00 e. The minimum absolute atomic E-state index is 0.